The summed E-state index contributed by atoms with van der Waals surface area (Å²) in [7, 11) is -3.66. The second-order valence-corrected chi connectivity index (χ2v) is 6.76. The lowest BCUT2D eigenvalue weighted by molar-refractivity contribution is -0.385. The number of benzene rings is 1. The highest BCUT2D eigenvalue weighted by Gasteiger charge is 2.38. The number of hydrogen-bond donors (Lipinski definition) is 0. The Bertz CT molecular complexity index is 660. The molecule has 1 saturated heterocycles. The maximum Gasteiger partial charge on any atom is 0.272 e. The number of alkyl halides is 2. The summed E-state index contributed by atoms with van der Waals surface area (Å²) in [5, 5.41) is 10.8. The van der Waals surface area contributed by atoms with E-state index in [1.807, 2.05) is 0 Å². The van der Waals surface area contributed by atoms with E-state index in [1.165, 1.54) is 11.0 Å². The third kappa shape index (κ3) is 3.03. The minimum Gasteiger partial charge on any atom is -0.365 e. The molecule has 1 aliphatic heterocycles. The molecule has 1 heterocycles. The summed E-state index contributed by atoms with van der Waals surface area (Å²) >= 11 is 0. The first-order chi connectivity index (χ1) is 9.08. The first-order valence-electron chi connectivity index (χ1n) is 5.71. The Balaban J connectivity index is 2.48. The molecule has 20 heavy (non-hydrogen) atoms. The van der Waals surface area contributed by atoms with Crippen molar-refractivity contribution >= 4 is 21.2 Å². The number of hydrogen-bond acceptors (Lipinski definition) is 5. The molecule has 1 aliphatic rings. The summed E-state index contributed by atoms with van der Waals surface area (Å²) in [4.78, 5) is 11.1. The molecule has 0 atom stereocenters. The molecule has 1 fully saturated rings. The van der Waals surface area contributed by atoms with Gasteiger partial charge in [-0.1, -0.05) is 0 Å². The van der Waals surface area contributed by atoms with Crippen LogP contribution in [0.2, 0.25) is 0 Å². The minimum atomic E-state index is -3.66. The van der Waals surface area contributed by atoms with E-state index in [2.05, 4.69) is 0 Å². The summed E-state index contributed by atoms with van der Waals surface area (Å²) in [6, 6.07) is 3.22. The summed E-state index contributed by atoms with van der Waals surface area (Å²) in [5.74, 6) is -2.87. The van der Waals surface area contributed by atoms with Crippen molar-refractivity contribution in [2.24, 2.45) is 0 Å². The number of nitro groups is 1. The third-order valence-corrected chi connectivity index (χ3v) is 4.14. The van der Waals surface area contributed by atoms with Gasteiger partial charge in [-0.05, 0) is 6.07 Å². The van der Waals surface area contributed by atoms with Crippen LogP contribution < -0.4 is 4.90 Å². The van der Waals surface area contributed by atoms with Crippen molar-refractivity contribution in [1.82, 2.24) is 0 Å². The third-order valence-electron chi connectivity index (χ3n) is 3.05. The molecule has 0 bridgehead atoms. The zero-order chi connectivity index (χ0) is 15.1. The zero-order valence-electron chi connectivity index (χ0n) is 10.5. The number of anilines is 1. The smallest absolute Gasteiger partial charge is 0.272 e. The molecule has 0 radical (unpaired) electrons. The molecular formula is C11H12F2N2O4S. The van der Waals surface area contributed by atoms with E-state index in [1.54, 1.807) is 0 Å². The van der Waals surface area contributed by atoms with Gasteiger partial charge in [0.05, 0.1) is 16.4 Å². The molecule has 0 saturated carbocycles. The predicted molar refractivity (Wildman–Crippen MR) is 68.0 cm³/mol. The lowest BCUT2D eigenvalue weighted by atomic mass is 10.2. The number of halogens is 2. The predicted octanol–water partition coefficient (Wildman–Crippen LogP) is 1.84. The Kier molecular flexibility index (Phi) is 3.41. The largest absolute Gasteiger partial charge is 0.365 e. The van der Waals surface area contributed by atoms with E-state index in [0.29, 0.717) is 0 Å². The highest BCUT2D eigenvalue weighted by Crippen LogP contribution is 2.33. The Morgan fingerprint density at radius 1 is 1.35 bits per heavy atom. The summed E-state index contributed by atoms with van der Waals surface area (Å²) in [6.45, 7) is -0.547. The van der Waals surface area contributed by atoms with Gasteiger partial charge in [-0.25, -0.2) is 17.2 Å². The van der Waals surface area contributed by atoms with Crippen LogP contribution in [0.3, 0.4) is 0 Å². The van der Waals surface area contributed by atoms with Gasteiger partial charge in [0, 0.05) is 37.0 Å². The van der Waals surface area contributed by atoms with Gasteiger partial charge in [0.1, 0.15) is 0 Å². The Hall–Kier alpha value is -1.77. The second-order valence-electron chi connectivity index (χ2n) is 4.74. The number of nitrogens with zero attached hydrogens (tertiary/aromatic N) is 2. The Labute approximate surface area is 114 Å². The normalized spacial score (nSPS) is 18.2. The Morgan fingerprint density at radius 2 is 2.00 bits per heavy atom. The molecule has 110 valence electrons. The van der Waals surface area contributed by atoms with Gasteiger partial charge in [-0.2, -0.15) is 0 Å². The van der Waals surface area contributed by atoms with Crippen LogP contribution in [0, 0.1) is 10.1 Å². The lowest BCUT2D eigenvalue weighted by Gasteiger charge is -2.18. The standard InChI is InChI=1S/C11H12F2N2O4S/c1-20(18,19)10-5-8(4-9(6-10)15(16)17)14-3-2-11(12,13)7-14/h4-6H,2-3,7H2,1H3. The van der Waals surface area contributed by atoms with Gasteiger partial charge in [-0.3, -0.25) is 10.1 Å². The highest BCUT2D eigenvalue weighted by atomic mass is 32.2. The van der Waals surface area contributed by atoms with Gasteiger partial charge < -0.3 is 4.90 Å². The first kappa shape index (κ1) is 14.6. The number of sulfone groups is 1. The number of non-ortho nitro benzene ring substituents is 1. The SMILES string of the molecule is CS(=O)(=O)c1cc(N2CCC(F)(F)C2)cc([N+](=O)[O-])c1. The van der Waals surface area contributed by atoms with Crippen LogP contribution in [0.25, 0.3) is 0 Å². The van der Waals surface area contributed by atoms with Gasteiger partial charge in [0.2, 0.25) is 0 Å². The number of rotatable bonds is 3. The topological polar surface area (TPSA) is 80.5 Å². The number of nitro benzene ring substituents is 1. The van der Waals surface area contributed by atoms with E-state index in [-0.39, 0.29) is 23.5 Å². The van der Waals surface area contributed by atoms with Crippen LogP contribution in [-0.4, -0.2) is 38.6 Å². The van der Waals surface area contributed by atoms with Gasteiger partial charge in [0.15, 0.2) is 9.84 Å². The molecule has 6 nitrogen and oxygen atoms in total. The van der Waals surface area contributed by atoms with E-state index < -0.39 is 32.9 Å². The maximum atomic E-state index is 13.2. The molecule has 0 spiro atoms. The molecule has 2 rings (SSSR count). The average Bonchev–Trinajstić information content (AvgIpc) is 2.68. The fourth-order valence-corrected chi connectivity index (χ4v) is 2.70. The monoisotopic (exact) mass is 306 g/mol. The minimum absolute atomic E-state index is 0.0252. The molecule has 0 aromatic heterocycles. The molecular weight excluding hydrogens is 294 g/mol. The van der Waals surface area contributed by atoms with Crippen molar-refractivity contribution in [3.8, 4) is 0 Å². The fourth-order valence-electron chi connectivity index (χ4n) is 2.03. The fraction of sp³-hybridized carbons (Fsp3) is 0.455. The molecule has 9 heteroatoms. The average molecular weight is 306 g/mol. The van der Waals surface area contributed by atoms with Crippen molar-refractivity contribution in [3.05, 3.63) is 28.3 Å². The van der Waals surface area contributed by atoms with Gasteiger partial charge >= 0.3 is 0 Å². The van der Waals surface area contributed by atoms with Crippen LogP contribution in [-0.2, 0) is 9.84 Å². The first-order valence-corrected chi connectivity index (χ1v) is 7.60. The second kappa shape index (κ2) is 4.65. The molecule has 1 aromatic rings. The van der Waals surface area contributed by atoms with Crippen LogP contribution in [0.4, 0.5) is 20.2 Å². The lowest BCUT2D eigenvalue weighted by Crippen LogP contribution is -2.25. The van der Waals surface area contributed by atoms with Gasteiger partial charge in [-0.15, -0.1) is 0 Å². The molecule has 0 amide bonds. The van der Waals surface area contributed by atoms with Crippen molar-refractivity contribution in [1.29, 1.82) is 0 Å². The quantitative estimate of drug-likeness (QED) is 0.629. The van der Waals surface area contributed by atoms with Crippen molar-refractivity contribution < 1.29 is 22.1 Å². The van der Waals surface area contributed by atoms with E-state index >= 15 is 0 Å². The summed E-state index contributed by atoms with van der Waals surface area (Å²) in [5.41, 5.74) is -0.310. The van der Waals surface area contributed by atoms with Crippen LogP contribution in [0.5, 0.6) is 0 Å². The van der Waals surface area contributed by atoms with Crippen molar-refractivity contribution in [2.75, 3.05) is 24.2 Å². The Morgan fingerprint density at radius 3 is 2.45 bits per heavy atom. The molecule has 0 unspecified atom stereocenters. The van der Waals surface area contributed by atoms with Gasteiger partial charge in [0.25, 0.3) is 11.6 Å². The van der Waals surface area contributed by atoms with Crippen molar-refractivity contribution in [3.63, 3.8) is 0 Å². The molecule has 1 aromatic carbocycles. The maximum absolute atomic E-state index is 13.2. The molecule has 0 N–H and O–H groups in total. The van der Waals surface area contributed by atoms with Crippen LogP contribution in [0.15, 0.2) is 23.1 Å². The van der Waals surface area contributed by atoms with E-state index in [4.69, 9.17) is 0 Å². The molecule has 0 aliphatic carbocycles. The zero-order valence-corrected chi connectivity index (χ0v) is 11.4. The summed E-state index contributed by atoms with van der Waals surface area (Å²) in [6.07, 6.45) is 0.554. The summed E-state index contributed by atoms with van der Waals surface area (Å²) < 4.78 is 49.4. The van der Waals surface area contributed by atoms with Crippen molar-refractivity contribution in [2.45, 2.75) is 17.2 Å². The van der Waals surface area contributed by atoms with E-state index in [0.717, 1.165) is 18.4 Å². The van der Waals surface area contributed by atoms with Crippen LogP contribution >= 0.6 is 0 Å². The highest BCUT2D eigenvalue weighted by molar-refractivity contribution is 7.90. The van der Waals surface area contributed by atoms with Crippen LogP contribution in [0.1, 0.15) is 6.42 Å². The van der Waals surface area contributed by atoms with E-state index in [9.17, 15) is 27.3 Å².